The van der Waals surface area contributed by atoms with Crippen LogP contribution in [0.1, 0.15) is 5.76 Å². The summed E-state index contributed by atoms with van der Waals surface area (Å²) in [5.74, 6) is 0.949. The van der Waals surface area contributed by atoms with E-state index in [0.717, 1.165) is 51.6 Å². The van der Waals surface area contributed by atoms with Gasteiger partial charge in [-0.1, -0.05) is 0 Å². The monoisotopic (exact) mass is 225 g/mol. The molecule has 1 aliphatic heterocycles. The topological polar surface area (TPSA) is 41.7 Å². The van der Waals surface area contributed by atoms with E-state index in [-0.39, 0.29) is 0 Å². The zero-order chi connectivity index (χ0) is 11.2. The van der Waals surface area contributed by atoms with Crippen LogP contribution in [0.4, 0.5) is 0 Å². The first kappa shape index (κ1) is 11.6. The summed E-state index contributed by atoms with van der Waals surface area (Å²) in [5.41, 5.74) is 0. The normalized spacial score (nSPS) is 19.1. The summed E-state index contributed by atoms with van der Waals surface area (Å²) >= 11 is 0. The molecule has 0 radical (unpaired) electrons. The van der Waals surface area contributed by atoms with Crippen molar-refractivity contribution in [2.75, 3.05) is 46.4 Å². The van der Waals surface area contributed by atoms with Crippen LogP contribution in [0.2, 0.25) is 0 Å². The summed E-state index contributed by atoms with van der Waals surface area (Å²) in [6.45, 7) is 7.12. The van der Waals surface area contributed by atoms with E-state index in [1.165, 1.54) is 6.39 Å². The predicted molar refractivity (Wildman–Crippen MR) is 60.1 cm³/mol. The number of ether oxygens (including phenoxy) is 1. The minimum atomic E-state index is 0.822. The Kier molecular flexibility index (Phi) is 4.33. The molecular weight excluding hydrogens is 206 g/mol. The largest absolute Gasteiger partial charge is 0.447 e. The number of hydrogen-bond acceptors (Lipinski definition) is 5. The SMILES string of the molecule is COCCN1CCN(Cc2cnco2)CC1. The molecule has 0 aromatic carbocycles. The van der Waals surface area contributed by atoms with E-state index in [4.69, 9.17) is 9.15 Å². The zero-order valence-electron chi connectivity index (χ0n) is 9.76. The fourth-order valence-electron chi connectivity index (χ4n) is 1.93. The van der Waals surface area contributed by atoms with Crippen LogP contribution in [-0.2, 0) is 11.3 Å². The summed E-state index contributed by atoms with van der Waals surface area (Å²) in [6.07, 6.45) is 3.28. The molecule has 2 rings (SSSR count). The molecule has 5 heteroatoms. The highest BCUT2D eigenvalue weighted by Crippen LogP contribution is 2.07. The molecule has 1 fully saturated rings. The first-order chi connectivity index (χ1) is 7.88. The van der Waals surface area contributed by atoms with Gasteiger partial charge in [-0.3, -0.25) is 9.80 Å². The van der Waals surface area contributed by atoms with Gasteiger partial charge in [0.15, 0.2) is 6.39 Å². The Morgan fingerprint density at radius 2 is 2.06 bits per heavy atom. The Morgan fingerprint density at radius 3 is 2.69 bits per heavy atom. The Morgan fingerprint density at radius 1 is 1.31 bits per heavy atom. The lowest BCUT2D eigenvalue weighted by molar-refractivity contribution is 0.0905. The Labute approximate surface area is 96.0 Å². The number of piperazine rings is 1. The second-order valence-electron chi connectivity index (χ2n) is 4.08. The highest BCUT2D eigenvalue weighted by atomic mass is 16.5. The van der Waals surface area contributed by atoms with Gasteiger partial charge in [0.2, 0.25) is 0 Å². The third kappa shape index (κ3) is 3.30. The minimum Gasteiger partial charge on any atom is -0.447 e. The second-order valence-corrected chi connectivity index (χ2v) is 4.08. The van der Waals surface area contributed by atoms with Crippen molar-refractivity contribution in [3.8, 4) is 0 Å². The molecule has 1 aromatic heterocycles. The average molecular weight is 225 g/mol. The second kappa shape index (κ2) is 5.98. The van der Waals surface area contributed by atoms with Crippen molar-refractivity contribution in [1.29, 1.82) is 0 Å². The zero-order valence-corrected chi connectivity index (χ0v) is 9.76. The maximum atomic E-state index is 5.24. The number of nitrogens with zero attached hydrogens (tertiary/aromatic N) is 3. The quantitative estimate of drug-likeness (QED) is 0.727. The summed E-state index contributed by atoms with van der Waals surface area (Å²) < 4.78 is 10.3. The van der Waals surface area contributed by atoms with E-state index >= 15 is 0 Å². The van der Waals surface area contributed by atoms with Crippen LogP contribution in [-0.4, -0.2) is 61.2 Å². The van der Waals surface area contributed by atoms with E-state index in [1.54, 1.807) is 13.3 Å². The van der Waals surface area contributed by atoms with Crippen LogP contribution in [0.5, 0.6) is 0 Å². The first-order valence-corrected chi connectivity index (χ1v) is 5.69. The molecule has 2 heterocycles. The Balaban J connectivity index is 1.69. The molecule has 5 nitrogen and oxygen atoms in total. The molecule has 1 aromatic rings. The standard InChI is InChI=1S/C11H19N3O2/c1-15-7-6-13-2-4-14(5-3-13)9-11-8-12-10-16-11/h8,10H,2-7,9H2,1H3. The van der Waals surface area contributed by atoms with E-state index in [0.29, 0.717) is 0 Å². The first-order valence-electron chi connectivity index (χ1n) is 5.69. The lowest BCUT2D eigenvalue weighted by Gasteiger charge is -2.33. The van der Waals surface area contributed by atoms with Crippen LogP contribution in [0, 0.1) is 0 Å². The number of oxazole rings is 1. The van der Waals surface area contributed by atoms with E-state index in [2.05, 4.69) is 14.8 Å². The maximum Gasteiger partial charge on any atom is 0.180 e. The molecule has 0 atom stereocenters. The van der Waals surface area contributed by atoms with Crippen LogP contribution >= 0.6 is 0 Å². The lowest BCUT2D eigenvalue weighted by atomic mass is 10.3. The summed E-state index contributed by atoms with van der Waals surface area (Å²) in [4.78, 5) is 8.75. The number of methoxy groups -OCH3 is 1. The molecule has 0 bridgehead atoms. The molecule has 0 aliphatic carbocycles. The van der Waals surface area contributed by atoms with Crippen LogP contribution < -0.4 is 0 Å². The van der Waals surface area contributed by atoms with Gasteiger partial charge in [-0.15, -0.1) is 0 Å². The van der Waals surface area contributed by atoms with Crippen molar-refractivity contribution in [2.24, 2.45) is 0 Å². The molecular formula is C11H19N3O2. The third-order valence-electron chi connectivity index (χ3n) is 2.94. The highest BCUT2D eigenvalue weighted by molar-refractivity contribution is 4.89. The van der Waals surface area contributed by atoms with Gasteiger partial charge in [0.1, 0.15) is 5.76 Å². The third-order valence-corrected chi connectivity index (χ3v) is 2.94. The maximum absolute atomic E-state index is 5.24. The molecule has 16 heavy (non-hydrogen) atoms. The van der Waals surface area contributed by atoms with Gasteiger partial charge in [-0.2, -0.15) is 0 Å². The van der Waals surface area contributed by atoms with Gasteiger partial charge in [0.25, 0.3) is 0 Å². The Bertz CT molecular complexity index is 281. The molecule has 0 amide bonds. The number of hydrogen-bond donors (Lipinski definition) is 0. The van der Waals surface area contributed by atoms with Gasteiger partial charge < -0.3 is 9.15 Å². The molecule has 0 N–H and O–H groups in total. The van der Waals surface area contributed by atoms with Gasteiger partial charge in [0.05, 0.1) is 19.3 Å². The smallest absolute Gasteiger partial charge is 0.180 e. The number of aromatic nitrogens is 1. The van der Waals surface area contributed by atoms with Crippen LogP contribution in [0.25, 0.3) is 0 Å². The summed E-state index contributed by atoms with van der Waals surface area (Å²) in [6, 6.07) is 0. The fourth-order valence-corrected chi connectivity index (χ4v) is 1.93. The van der Waals surface area contributed by atoms with Crippen molar-refractivity contribution in [3.63, 3.8) is 0 Å². The predicted octanol–water partition coefficient (Wildman–Crippen LogP) is 0.439. The Hall–Kier alpha value is -0.910. The van der Waals surface area contributed by atoms with Crippen LogP contribution in [0.3, 0.4) is 0 Å². The van der Waals surface area contributed by atoms with Crippen molar-refractivity contribution in [1.82, 2.24) is 14.8 Å². The molecule has 0 saturated carbocycles. The minimum absolute atomic E-state index is 0.822. The van der Waals surface area contributed by atoms with Gasteiger partial charge in [-0.05, 0) is 0 Å². The summed E-state index contributed by atoms with van der Waals surface area (Å²) in [7, 11) is 1.75. The van der Waals surface area contributed by atoms with E-state index in [1.807, 2.05) is 0 Å². The molecule has 1 saturated heterocycles. The van der Waals surface area contributed by atoms with Crippen LogP contribution in [0.15, 0.2) is 17.0 Å². The van der Waals surface area contributed by atoms with Crippen molar-refractivity contribution in [3.05, 3.63) is 18.4 Å². The van der Waals surface area contributed by atoms with E-state index in [9.17, 15) is 0 Å². The molecule has 0 spiro atoms. The number of rotatable bonds is 5. The fraction of sp³-hybridized carbons (Fsp3) is 0.727. The van der Waals surface area contributed by atoms with Gasteiger partial charge >= 0.3 is 0 Å². The van der Waals surface area contributed by atoms with E-state index < -0.39 is 0 Å². The molecule has 0 unspecified atom stereocenters. The lowest BCUT2D eigenvalue weighted by Crippen LogP contribution is -2.46. The van der Waals surface area contributed by atoms with Crippen molar-refractivity contribution < 1.29 is 9.15 Å². The van der Waals surface area contributed by atoms with Gasteiger partial charge in [0, 0.05) is 39.8 Å². The van der Waals surface area contributed by atoms with Gasteiger partial charge in [-0.25, -0.2) is 4.98 Å². The average Bonchev–Trinajstić information content (AvgIpc) is 2.81. The van der Waals surface area contributed by atoms with Crippen molar-refractivity contribution in [2.45, 2.75) is 6.54 Å². The molecule has 1 aliphatic rings. The summed E-state index contributed by atoms with van der Waals surface area (Å²) in [5, 5.41) is 0. The van der Waals surface area contributed by atoms with Crippen molar-refractivity contribution >= 4 is 0 Å². The highest BCUT2D eigenvalue weighted by Gasteiger charge is 2.17. The molecule has 90 valence electrons.